The number of carbonyl (C=O) groups is 1. The fourth-order valence-corrected chi connectivity index (χ4v) is 4.04. The molecule has 122 valence electrons. The predicted octanol–water partition coefficient (Wildman–Crippen LogP) is 3.93. The molecule has 0 saturated heterocycles. The van der Waals surface area contributed by atoms with Gasteiger partial charge in [-0.3, -0.25) is 4.79 Å². The van der Waals surface area contributed by atoms with E-state index in [0.717, 1.165) is 12.1 Å². The number of fused-ring (bicyclic) bond motifs is 1. The number of thioether (sulfide) groups is 2. The number of alkyl halides is 3. The van der Waals surface area contributed by atoms with E-state index in [1.54, 1.807) is 11.1 Å². The minimum absolute atomic E-state index is 0.158. The van der Waals surface area contributed by atoms with Gasteiger partial charge in [-0.05, 0) is 29.8 Å². The number of amidine groups is 1. The van der Waals surface area contributed by atoms with Gasteiger partial charge in [-0.15, -0.1) is 0 Å². The van der Waals surface area contributed by atoms with E-state index in [4.69, 9.17) is 0 Å². The lowest BCUT2D eigenvalue weighted by Crippen LogP contribution is -2.18. The van der Waals surface area contributed by atoms with Gasteiger partial charge in [0.1, 0.15) is 0 Å². The maximum Gasteiger partial charge on any atom is 0.416 e. The van der Waals surface area contributed by atoms with Gasteiger partial charge in [0.05, 0.1) is 5.56 Å². The van der Waals surface area contributed by atoms with Crippen molar-refractivity contribution < 1.29 is 18.0 Å². The van der Waals surface area contributed by atoms with Gasteiger partial charge in [-0.1, -0.05) is 30.0 Å². The van der Waals surface area contributed by atoms with Gasteiger partial charge < -0.3 is 0 Å². The molecule has 0 unspecified atom stereocenters. The van der Waals surface area contributed by atoms with Crippen molar-refractivity contribution in [2.75, 3.05) is 6.54 Å². The Kier molecular flexibility index (Phi) is 4.67. The summed E-state index contributed by atoms with van der Waals surface area (Å²) in [5.74, 6) is 0.222. The van der Waals surface area contributed by atoms with E-state index in [2.05, 4.69) is 10.1 Å². The van der Waals surface area contributed by atoms with Crippen LogP contribution >= 0.6 is 23.5 Å². The highest BCUT2D eigenvalue weighted by Crippen LogP contribution is 2.33. The Bertz CT molecular complexity index is 688. The van der Waals surface area contributed by atoms with E-state index in [1.807, 2.05) is 0 Å². The SMILES string of the molecule is O=C1CCCN2N=C(SCc3cccc(C(F)(F)F)c3)SC2=N1. The molecule has 0 spiro atoms. The van der Waals surface area contributed by atoms with E-state index in [9.17, 15) is 18.0 Å². The van der Waals surface area contributed by atoms with Crippen molar-refractivity contribution in [1.82, 2.24) is 5.01 Å². The summed E-state index contributed by atoms with van der Waals surface area (Å²) in [6, 6.07) is 5.26. The molecule has 1 aromatic carbocycles. The van der Waals surface area contributed by atoms with Crippen LogP contribution in [0.15, 0.2) is 34.4 Å². The van der Waals surface area contributed by atoms with Gasteiger partial charge >= 0.3 is 6.18 Å². The number of halogens is 3. The molecule has 0 aromatic heterocycles. The maximum atomic E-state index is 12.7. The first-order valence-electron chi connectivity index (χ1n) is 6.86. The average molecular weight is 359 g/mol. The largest absolute Gasteiger partial charge is 0.416 e. The highest BCUT2D eigenvalue weighted by Gasteiger charge is 2.30. The van der Waals surface area contributed by atoms with E-state index in [1.165, 1.54) is 29.6 Å². The summed E-state index contributed by atoms with van der Waals surface area (Å²) in [5, 5.41) is 6.60. The van der Waals surface area contributed by atoms with Crippen molar-refractivity contribution in [2.45, 2.75) is 24.8 Å². The third kappa shape index (κ3) is 4.08. The van der Waals surface area contributed by atoms with Crippen molar-refractivity contribution in [3.05, 3.63) is 35.4 Å². The second-order valence-electron chi connectivity index (χ2n) is 4.97. The van der Waals surface area contributed by atoms with E-state index in [-0.39, 0.29) is 5.91 Å². The molecular weight excluding hydrogens is 347 g/mol. The number of hydrogen-bond acceptors (Lipinski definition) is 5. The third-order valence-electron chi connectivity index (χ3n) is 3.20. The zero-order chi connectivity index (χ0) is 16.4. The summed E-state index contributed by atoms with van der Waals surface area (Å²) >= 11 is 2.63. The number of nitrogens with zero attached hydrogens (tertiary/aromatic N) is 3. The van der Waals surface area contributed by atoms with Gasteiger partial charge in [0, 0.05) is 18.7 Å². The fourth-order valence-electron chi connectivity index (χ4n) is 2.10. The molecular formula is C14H12F3N3OS2. The van der Waals surface area contributed by atoms with Gasteiger partial charge in [-0.2, -0.15) is 23.3 Å². The molecule has 0 saturated carbocycles. The number of hydrogen-bond donors (Lipinski definition) is 0. The molecule has 0 radical (unpaired) electrons. The van der Waals surface area contributed by atoms with Crippen LogP contribution in [0, 0.1) is 0 Å². The molecule has 0 aliphatic carbocycles. The summed E-state index contributed by atoms with van der Waals surface area (Å²) in [7, 11) is 0. The fraction of sp³-hybridized carbons (Fsp3) is 0.357. The van der Waals surface area contributed by atoms with Crippen LogP contribution in [0.1, 0.15) is 24.0 Å². The first-order valence-corrected chi connectivity index (χ1v) is 8.66. The molecule has 0 fully saturated rings. The van der Waals surface area contributed by atoms with Crippen molar-refractivity contribution >= 4 is 39.0 Å². The summed E-state index contributed by atoms with van der Waals surface area (Å²) in [4.78, 5) is 15.4. The monoisotopic (exact) mass is 359 g/mol. The number of amides is 1. The number of carbonyl (C=O) groups excluding carboxylic acids is 1. The molecule has 3 rings (SSSR count). The molecule has 2 aliphatic heterocycles. The Hall–Kier alpha value is -1.48. The van der Waals surface area contributed by atoms with Crippen molar-refractivity contribution in [3.63, 3.8) is 0 Å². The topological polar surface area (TPSA) is 45.0 Å². The normalized spacial score (nSPS) is 18.4. The molecule has 0 bridgehead atoms. The number of rotatable bonds is 2. The van der Waals surface area contributed by atoms with Crippen LogP contribution in [0.4, 0.5) is 13.2 Å². The van der Waals surface area contributed by atoms with E-state index >= 15 is 0 Å². The smallest absolute Gasteiger partial charge is 0.273 e. The van der Waals surface area contributed by atoms with Crippen LogP contribution in [0.2, 0.25) is 0 Å². The third-order valence-corrected chi connectivity index (χ3v) is 5.35. The maximum absolute atomic E-state index is 12.7. The first-order chi connectivity index (χ1) is 10.9. The minimum Gasteiger partial charge on any atom is -0.273 e. The molecule has 1 amide bonds. The minimum atomic E-state index is -4.34. The van der Waals surface area contributed by atoms with Gasteiger partial charge in [0.25, 0.3) is 0 Å². The molecule has 9 heteroatoms. The van der Waals surface area contributed by atoms with Crippen molar-refractivity contribution in [2.24, 2.45) is 10.1 Å². The summed E-state index contributed by atoms with van der Waals surface area (Å²) in [5.41, 5.74) is -0.0753. The zero-order valence-corrected chi connectivity index (χ0v) is 13.5. The second-order valence-corrected chi connectivity index (χ2v) is 7.15. The Morgan fingerprint density at radius 1 is 1.35 bits per heavy atom. The van der Waals surface area contributed by atoms with Crippen LogP contribution < -0.4 is 0 Å². The number of aliphatic imine (C=N–C) groups is 1. The lowest BCUT2D eigenvalue weighted by Gasteiger charge is -2.09. The van der Waals surface area contributed by atoms with Crippen LogP contribution in [0.5, 0.6) is 0 Å². The van der Waals surface area contributed by atoms with E-state index in [0.29, 0.717) is 40.2 Å². The lowest BCUT2D eigenvalue weighted by atomic mass is 10.1. The molecule has 4 nitrogen and oxygen atoms in total. The quantitative estimate of drug-likeness (QED) is 0.802. The summed E-state index contributed by atoms with van der Waals surface area (Å²) < 4.78 is 38.8. The molecule has 0 atom stereocenters. The second kappa shape index (κ2) is 6.56. The molecule has 0 N–H and O–H groups in total. The standard InChI is InChI=1S/C14H12F3N3OS2/c15-14(16,17)10-4-1-3-9(7-10)8-22-13-19-20-6-2-5-11(21)18-12(20)23-13/h1,3-4,7H,2,5-6,8H2. The molecule has 2 aliphatic rings. The predicted molar refractivity (Wildman–Crippen MR) is 86.1 cm³/mol. The Morgan fingerprint density at radius 2 is 2.17 bits per heavy atom. The lowest BCUT2D eigenvalue weighted by molar-refractivity contribution is -0.137. The first kappa shape index (κ1) is 16.4. The van der Waals surface area contributed by atoms with Crippen LogP contribution in [0.3, 0.4) is 0 Å². The van der Waals surface area contributed by atoms with Crippen molar-refractivity contribution in [3.8, 4) is 0 Å². The van der Waals surface area contributed by atoms with Gasteiger partial charge in [-0.25, -0.2) is 5.01 Å². The Balaban J connectivity index is 1.65. The molecule has 2 heterocycles. The highest BCUT2D eigenvalue weighted by atomic mass is 32.2. The summed E-state index contributed by atoms with van der Waals surface area (Å²) in [6.07, 6.45) is -3.22. The Labute approximate surface area is 139 Å². The van der Waals surface area contributed by atoms with Gasteiger partial charge in [0.2, 0.25) is 5.91 Å². The average Bonchev–Trinajstić information content (AvgIpc) is 2.78. The van der Waals surface area contributed by atoms with Crippen molar-refractivity contribution in [1.29, 1.82) is 0 Å². The van der Waals surface area contributed by atoms with Gasteiger partial charge in [0.15, 0.2) is 9.54 Å². The molecule has 23 heavy (non-hydrogen) atoms. The summed E-state index contributed by atoms with van der Waals surface area (Å²) in [6.45, 7) is 0.630. The van der Waals surface area contributed by atoms with E-state index < -0.39 is 11.7 Å². The molecule has 1 aromatic rings. The van der Waals surface area contributed by atoms with Crippen LogP contribution in [0.25, 0.3) is 0 Å². The Morgan fingerprint density at radius 3 is 2.96 bits per heavy atom. The number of hydrazone groups is 1. The van der Waals surface area contributed by atoms with Crippen LogP contribution in [-0.4, -0.2) is 27.0 Å². The highest BCUT2D eigenvalue weighted by molar-refractivity contribution is 8.45. The zero-order valence-electron chi connectivity index (χ0n) is 11.8. The van der Waals surface area contributed by atoms with Crippen LogP contribution in [-0.2, 0) is 16.7 Å². The number of benzene rings is 1.